The Morgan fingerprint density at radius 2 is 1.82 bits per heavy atom. The van der Waals surface area contributed by atoms with Crippen LogP contribution in [0.5, 0.6) is 5.75 Å². The van der Waals surface area contributed by atoms with E-state index in [4.69, 9.17) is 13.9 Å². The van der Waals surface area contributed by atoms with Crippen LogP contribution in [0, 0.1) is 19.8 Å². The summed E-state index contributed by atoms with van der Waals surface area (Å²) in [5.74, 6) is 1.08. The number of carbonyl (C=O) groups excluding carboxylic acids is 1. The smallest absolute Gasteiger partial charge is 0.290 e. The number of carbonyl (C=O) groups is 1. The van der Waals surface area contributed by atoms with Crippen molar-refractivity contribution >= 4 is 16.9 Å². The van der Waals surface area contributed by atoms with Crippen molar-refractivity contribution in [2.24, 2.45) is 5.92 Å². The Balaban J connectivity index is 1.83. The predicted molar refractivity (Wildman–Crippen MR) is 128 cm³/mol. The Hall–Kier alpha value is -3.12. The molecule has 0 bridgehead atoms. The van der Waals surface area contributed by atoms with Gasteiger partial charge in [-0.1, -0.05) is 26.0 Å². The fraction of sp³-hybridized carbons (Fsp3) is 0.407. The molecule has 0 saturated heterocycles. The third kappa shape index (κ3) is 4.40. The number of amides is 1. The van der Waals surface area contributed by atoms with Gasteiger partial charge in [-0.3, -0.25) is 9.59 Å². The molecule has 0 radical (unpaired) electrons. The molecule has 4 rings (SSSR count). The van der Waals surface area contributed by atoms with E-state index < -0.39 is 6.04 Å². The van der Waals surface area contributed by atoms with Crippen molar-refractivity contribution in [3.8, 4) is 5.75 Å². The molecular weight excluding hydrogens is 418 g/mol. The number of ether oxygens (including phenoxy) is 2. The molecule has 2 aromatic carbocycles. The number of benzene rings is 2. The van der Waals surface area contributed by atoms with Crippen molar-refractivity contribution in [3.05, 3.63) is 74.6 Å². The Bertz CT molecular complexity index is 1240. The number of hydrogen-bond donors (Lipinski definition) is 0. The van der Waals surface area contributed by atoms with E-state index in [1.807, 2.05) is 50.2 Å². The molecule has 0 saturated carbocycles. The molecule has 2 heterocycles. The zero-order chi connectivity index (χ0) is 23.7. The van der Waals surface area contributed by atoms with Gasteiger partial charge in [0.1, 0.15) is 11.3 Å². The van der Waals surface area contributed by atoms with Crippen LogP contribution in [0.1, 0.15) is 59.1 Å². The van der Waals surface area contributed by atoms with Gasteiger partial charge in [0.25, 0.3) is 5.91 Å². The van der Waals surface area contributed by atoms with Crippen LogP contribution < -0.4 is 10.2 Å². The molecule has 0 aliphatic carbocycles. The molecule has 1 atom stereocenters. The highest BCUT2D eigenvalue weighted by Gasteiger charge is 2.42. The molecule has 1 aliphatic heterocycles. The predicted octanol–water partition coefficient (Wildman–Crippen LogP) is 5.03. The molecule has 1 aliphatic rings. The number of aryl methyl sites for hydroxylation is 2. The highest BCUT2D eigenvalue weighted by atomic mass is 16.5. The Morgan fingerprint density at radius 3 is 2.55 bits per heavy atom. The van der Waals surface area contributed by atoms with Crippen LogP contribution in [0.25, 0.3) is 11.0 Å². The van der Waals surface area contributed by atoms with E-state index in [2.05, 4.69) is 13.8 Å². The van der Waals surface area contributed by atoms with Crippen molar-refractivity contribution < 1.29 is 18.7 Å². The zero-order valence-electron chi connectivity index (χ0n) is 19.9. The third-order valence-corrected chi connectivity index (χ3v) is 6.26. The second kappa shape index (κ2) is 9.40. The molecule has 3 aromatic rings. The molecule has 6 nitrogen and oxygen atoms in total. The summed E-state index contributed by atoms with van der Waals surface area (Å²) < 4.78 is 17.2. The second-order valence-electron chi connectivity index (χ2n) is 9.10. The summed E-state index contributed by atoms with van der Waals surface area (Å²) in [6.45, 7) is 9.54. The summed E-state index contributed by atoms with van der Waals surface area (Å²) in [4.78, 5) is 28.7. The maximum atomic E-state index is 13.7. The van der Waals surface area contributed by atoms with Crippen LogP contribution in [0.3, 0.4) is 0 Å². The summed E-state index contributed by atoms with van der Waals surface area (Å²) in [6, 6.07) is 10.8. The number of methoxy groups -OCH3 is 1. The molecule has 1 unspecified atom stereocenters. The molecule has 0 spiro atoms. The Labute approximate surface area is 194 Å². The number of nitrogens with zero attached hydrogens (tertiary/aromatic N) is 1. The number of hydrogen-bond acceptors (Lipinski definition) is 5. The lowest BCUT2D eigenvalue weighted by Crippen LogP contribution is -2.32. The summed E-state index contributed by atoms with van der Waals surface area (Å²) >= 11 is 0. The van der Waals surface area contributed by atoms with E-state index >= 15 is 0 Å². The van der Waals surface area contributed by atoms with Gasteiger partial charge in [-0.2, -0.15) is 0 Å². The largest absolute Gasteiger partial charge is 0.494 e. The lowest BCUT2D eigenvalue weighted by atomic mass is 9.97. The SMILES string of the molecule is COCCN1C(=O)c2oc3cc(C)c(C)cc3c(=O)c2C1c1cccc(OCCC(C)C)c1. The quantitative estimate of drug-likeness (QED) is 0.483. The minimum absolute atomic E-state index is 0.114. The molecule has 33 heavy (non-hydrogen) atoms. The van der Waals surface area contributed by atoms with Gasteiger partial charge in [0.05, 0.1) is 30.2 Å². The summed E-state index contributed by atoms with van der Waals surface area (Å²) in [6.07, 6.45) is 0.948. The van der Waals surface area contributed by atoms with Crippen molar-refractivity contribution in [2.45, 2.75) is 40.2 Å². The maximum Gasteiger partial charge on any atom is 0.290 e. The molecule has 1 amide bonds. The van der Waals surface area contributed by atoms with Gasteiger partial charge in [0, 0.05) is 13.7 Å². The highest BCUT2D eigenvalue weighted by molar-refractivity contribution is 5.99. The lowest BCUT2D eigenvalue weighted by Gasteiger charge is -2.25. The monoisotopic (exact) mass is 449 g/mol. The molecular formula is C27H31NO5. The van der Waals surface area contributed by atoms with Crippen molar-refractivity contribution in [2.75, 3.05) is 26.9 Å². The molecule has 0 N–H and O–H groups in total. The highest BCUT2D eigenvalue weighted by Crippen LogP contribution is 2.39. The van der Waals surface area contributed by atoms with E-state index in [1.54, 1.807) is 12.0 Å². The van der Waals surface area contributed by atoms with E-state index in [0.717, 1.165) is 28.9 Å². The van der Waals surface area contributed by atoms with Gasteiger partial charge in [-0.15, -0.1) is 0 Å². The van der Waals surface area contributed by atoms with Crippen molar-refractivity contribution in [1.29, 1.82) is 0 Å². The maximum absolute atomic E-state index is 13.7. The van der Waals surface area contributed by atoms with Crippen LogP contribution >= 0.6 is 0 Å². The van der Waals surface area contributed by atoms with Gasteiger partial charge in [0.2, 0.25) is 5.76 Å². The normalized spacial score (nSPS) is 15.5. The fourth-order valence-electron chi connectivity index (χ4n) is 4.23. The molecule has 6 heteroatoms. The lowest BCUT2D eigenvalue weighted by molar-refractivity contribution is 0.0663. The van der Waals surface area contributed by atoms with Crippen LogP contribution in [-0.2, 0) is 4.74 Å². The fourth-order valence-corrected chi connectivity index (χ4v) is 4.23. The number of fused-ring (bicyclic) bond motifs is 2. The van der Waals surface area contributed by atoms with E-state index in [0.29, 0.717) is 42.2 Å². The van der Waals surface area contributed by atoms with Crippen molar-refractivity contribution in [3.63, 3.8) is 0 Å². The minimum Gasteiger partial charge on any atom is -0.494 e. The molecule has 174 valence electrons. The van der Waals surface area contributed by atoms with E-state index in [-0.39, 0.29) is 17.1 Å². The first-order chi connectivity index (χ1) is 15.8. The van der Waals surface area contributed by atoms with Gasteiger partial charge in [-0.25, -0.2) is 0 Å². The summed E-state index contributed by atoms with van der Waals surface area (Å²) in [5, 5.41) is 0.493. The zero-order valence-corrected chi connectivity index (χ0v) is 19.9. The van der Waals surface area contributed by atoms with Gasteiger partial charge in [-0.05, 0) is 67.1 Å². The van der Waals surface area contributed by atoms with Crippen LogP contribution in [0.15, 0.2) is 45.6 Å². The van der Waals surface area contributed by atoms with Crippen LogP contribution in [-0.4, -0.2) is 37.7 Å². The molecule has 0 fully saturated rings. The van der Waals surface area contributed by atoms with Gasteiger partial charge >= 0.3 is 0 Å². The standard InChI is InChI=1S/C27H31NO5/c1-16(2)9-11-32-20-8-6-7-19(15-20)24-23-25(29)21-13-17(3)18(4)14-22(21)33-26(23)27(30)28(24)10-12-31-5/h6-8,13-16,24H,9-12H2,1-5H3. The Kier molecular flexibility index (Phi) is 6.56. The average molecular weight is 450 g/mol. The van der Waals surface area contributed by atoms with Gasteiger partial charge < -0.3 is 18.8 Å². The van der Waals surface area contributed by atoms with Gasteiger partial charge in [0.15, 0.2) is 5.43 Å². The first-order valence-corrected chi connectivity index (χ1v) is 11.4. The first kappa shape index (κ1) is 23.1. The van der Waals surface area contributed by atoms with Crippen LogP contribution in [0.4, 0.5) is 0 Å². The average Bonchev–Trinajstić information content (AvgIpc) is 3.05. The second-order valence-corrected chi connectivity index (χ2v) is 9.10. The summed E-state index contributed by atoms with van der Waals surface area (Å²) in [5.41, 5.74) is 3.48. The minimum atomic E-state index is -0.557. The Morgan fingerprint density at radius 1 is 1.06 bits per heavy atom. The molecule has 1 aromatic heterocycles. The first-order valence-electron chi connectivity index (χ1n) is 11.4. The third-order valence-electron chi connectivity index (χ3n) is 6.26. The van der Waals surface area contributed by atoms with Crippen LogP contribution in [0.2, 0.25) is 0 Å². The van der Waals surface area contributed by atoms with E-state index in [1.165, 1.54) is 0 Å². The number of rotatable bonds is 8. The topological polar surface area (TPSA) is 69.0 Å². The van der Waals surface area contributed by atoms with E-state index in [9.17, 15) is 9.59 Å². The van der Waals surface area contributed by atoms with Crippen molar-refractivity contribution in [1.82, 2.24) is 4.90 Å². The summed E-state index contributed by atoms with van der Waals surface area (Å²) in [7, 11) is 1.59.